The van der Waals surface area contributed by atoms with E-state index in [1.165, 1.54) is 12.1 Å². The highest BCUT2D eigenvalue weighted by atomic mass is 16.6. The summed E-state index contributed by atoms with van der Waals surface area (Å²) in [6.07, 6.45) is 0. The van der Waals surface area contributed by atoms with Crippen LogP contribution in [0.2, 0.25) is 0 Å². The zero-order chi connectivity index (χ0) is 18.5. The molecule has 6 heteroatoms. The van der Waals surface area contributed by atoms with Gasteiger partial charge in [-0.2, -0.15) is 0 Å². The maximum atomic E-state index is 12.1. The van der Waals surface area contributed by atoms with Crippen LogP contribution in [0.3, 0.4) is 0 Å². The Labute approximate surface area is 150 Å². The first-order valence-corrected chi connectivity index (χ1v) is 8.19. The van der Waals surface area contributed by atoms with E-state index in [9.17, 15) is 14.9 Å². The zero-order valence-electron chi connectivity index (χ0n) is 14.2. The lowest BCUT2D eigenvalue weighted by Crippen LogP contribution is -2.31. The summed E-state index contributed by atoms with van der Waals surface area (Å²) in [5, 5.41) is 16.0. The number of para-hydroxylation sites is 2. The van der Waals surface area contributed by atoms with E-state index in [0.29, 0.717) is 0 Å². The molecule has 26 heavy (non-hydrogen) atoms. The van der Waals surface area contributed by atoms with Crippen molar-refractivity contribution >= 4 is 22.4 Å². The van der Waals surface area contributed by atoms with Gasteiger partial charge in [0.05, 0.1) is 11.0 Å². The summed E-state index contributed by atoms with van der Waals surface area (Å²) >= 11 is 0. The minimum Gasteiger partial charge on any atom is -0.477 e. The van der Waals surface area contributed by atoms with E-state index in [4.69, 9.17) is 4.74 Å². The fourth-order valence-electron chi connectivity index (χ4n) is 2.72. The Bertz CT molecular complexity index is 955. The van der Waals surface area contributed by atoms with E-state index in [0.717, 1.165) is 16.3 Å². The normalized spacial score (nSPS) is 11.7. The maximum absolute atomic E-state index is 12.1. The van der Waals surface area contributed by atoms with E-state index < -0.39 is 4.92 Å². The zero-order valence-corrected chi connectivity index (χ0v) is 14.2. The number of ether oxygens (including phenoxy) is 1. The van der Waals surface area contributed by atoms with E-state index in [1.807, 2.05) is 49.4 Å². The quantitative estimate of drug-likeness (QED) is 0.538. The largest absolute Gasteiger partial charge is 0.477 e. The highest BCUT2D eigenvalue weighted by molar-refractivity contribution is 5.83. The number of nitro groups is 1. The molecular weight excluding hydrogens is 332 g/mol. The minimum absolute atomic E-state index is 0.0750. The van der Waals surface area contributed by atoms with Gasteiger partial charge in [0.1, 0.15) is 0 Å². The van der Waals surface area contributed by atoms with Gasteiger partial charge < -0.3 is 10.1 Å². The molecule has 0 spiro atoms. The first-order chi connectivity index (χ1) is 12.5. The van der Waals surface area contributed by atoms with Crippen molar-refractivity contribution in [1.82, 2.24) is 5.32 Å². The number of rotatable bonds is 6. The summed E-state index contributed by atoms with van der Waals surface area (Å²) in [5.74, 6) is -0.269. The molecule has 132 valence electrons. The number of nitrogens with zero attached hydrogens (tertiary/aromatic N) is 1. The second kappa shape index (κ2) is 7.65. The molecular formula is C20H18N2O4. The number of carbonyl (C=O) groups excluding carboxylic acids is 1. The molecule has 1 N–H and O–H groups in total. The van der Waals surface area contributed by atoms with Gasteiger partial charge in [0.15, 0.2) is 12.4 Å². The van der Waals surface area contributed by atoms with Crippen LogP contribution in [0.25, 0.3) is 10.8 Å². The van der Waals surface area contributed by atoms with Gasteiger partial charge in [0, 0.05) is 6.07 Å². The fraction of sp³-hybridized carbons (Fsp3) is 0.150. The van der Waals surface area contributed by atoms with Crippen molar-refractivity contribution < 1.29 is 14.5 Å². The van der Waals surface area contributed by atoms with Crippen LogP contribution in [0.4, 0.5) is 5.69 Å². The minimum atomic E-state index is -0.537. The van der Waals surface area contributed by atoms with Crippen LogP contribution >= 0.6 is 0 Å². The molecule has 6 nitrogen and oxygen atoms in total. The van der Waals surface area contributed by atoms with Gasteiger partial charge in [-0.15, -0.1) is 0 Å². The molecule has 1 unspecified atom stereocenters. The smallest absolute Gasteiger partial charge is 0.310 e. The predicted molar refractivity (Wildman–Crippen MR) is 99.1 cm³/mol. The Morgan fingerprint density at radius 2 is 1.77 bits per heavy atom. The summed E-state index contributed by atoms with van der Waals surface area (Å²) in [5.41, 5.74) is 0.811. The number of nitro benzene ring substituents is 1. The first kappa shape index (κ1) is 17.4. The highest BCUT2D eigenvalue weighted by Crippen LogP contribution is 2.25. The molecule has 0 fully saturated rings. The molecule has 1 atom stereocenters. The van der Waals surface area contributed by atoms with E-state index in [1.54, 1.807) is 12.1 Å². The van der Waals surface area contributed by atoms with Gasteiger partial charge in [0.25, 0.3) is 5.91 Å². The monoisotopic (exact) mass is 350 g/mol. The number of fused-ring (bicyclic) bond motifs is 1. The molecule has 0 aromatic heterocycles. The lowest BCUT2D eigenvalue weighted by atomic mass is 10.0. The lowest BCUT2D eigenvalue weighted by Gasteiger charge is -2.15. The van der Waals surface area contributed by atoms with Crippen molar-refractivity contribution in [2.24, 2.45) is 0 Å². The van der Waals surface area contributed by atoms with Gasteiger partial charge in [0.2, 0.25) is 0 Å². The number of benzene rings is 3. The predicted octanol–water partition coefficient (Wildman–Crippen LogP) is 4.00. The van der Waals surface area contributed by atoms with Crippen LogP contribution in [0.5, 0.6) is 5.75 Å². The third-order valence-electron chi connectivity index (χ3n) is 4.07. The standard InChI is InChI=1S/C20H18N2O4/c1-14(16-11-10-15-6-2-3-7-17(15)12-16)21-20(23)13-26-19-9-5-4-8-18(19)22(24)25/h2-12,14H,13H2,1H3,(H,21,23). The molecule has 0 aliphatic heterocycles. The second-order valence-electron chi connectivity index (χ2n) is 5.91. The lowest BCUT2D eigenvalue weighted by molar-refractivity contribution is -0.385. The van der Waals surface area contributed by atoms with Crippen LogP contribution in [0, 0.1) is 10.1 Å². The van der Waals surface area contributed by atoms with Gasteiger partial charge in [-0.25, -0.2) is 0 Å². The molecule has 0 aliphatic carbocycles. The van der Waals surface area contributed by atoms with Crippen molar-refractivity contribution in [2.75, 3.05) is 6.61 Å². The molecule has 0 radical (unpaired) electrons. The Hall–Kier alpha value is -3.41. The molecule has 0 heterocycles. The van der Waals surface area contributed by atoms with Crippen molar-refractivity contribution in [3.05, 3.63) is 82.4 Å². The third kappa shape index (κ3) is 3.97. The molecule has 3 aromatic rings. The molecule has 1 amide bonds. The SMILES string of the molecule is CC(NC(=O)COc1ccccc1[N+](=O)[O-])c1ccc2ccccc2c1. The summed E-state index contributed by atoms with van der Waals surface area (Å²) in [4.78, 5) is 22.6. The first-order valence-electron chi connectivity index (χ1n) is 8.19. The van der Waals surface area contributed by atoms with Crippen LogP contribution in [-0.2, 0) is 4.79 Å². The fourth-order valence-corrected chi connectivity index (χ4v) is 2.72. The van der Waals surface area contributed by atoms with E-state index in [2.05, 4.69) is 5.32 Å². The van der Waals surface area contributed by atoms with Crippen LogP contribution < -0.4 is 10.1 Å². The van der Waals surface area contributed by atoms with Crippen molar-refractivity contribution in [1.29, 1.82) is 0 Å². The van der Waals surface area contributed by atoms with Crippen molar-refractivity contribution in [3.8, 4) is 5.75 Å². The Kier molecular flexibility index (Phi) is 5.12. The summed E-state index contributed by atoms with van der Waals surface area (Å²) in [7, 11) is 0. The Balaban J connectivity index is 1.63. The molecule has 0 saturated heterocycles. The topological polar surface area (TPSA) is 81.5 Å². The molecule has 0 saturated carbocycles. The number of hydrogen-bond acceptors (Lipinski definition) is 4. The number of hydrogen-bond donors (Lipinski definition) is 1. The second-order valence-corrected chi connectivity index (χ2v) is 5.91. The Morgan fingerprint density at radius 3 is 2.54 bits per heavy atom. The van der Waals surface area contributed by atoms with E-state index >= 15 is 0 Å². The van der Waals surface area contributed by atoms with Gasteiger partial charge >= 0.3 is 5.69 Å². The average molecular weight is 350 g/mol. The number of amides is 1. The number of nitrogens with one attached hydrogen (secondary N) is 1. The third-order valence-corrected chi connectivity index (χ3v) is 4.07. The van der Waals surface area contributed by atoms with Crippen molar-refractivity contribution in [3.63, 3.8) is 0 Å². The molecule has 0 bridgehead atoms. The Morgan fingerprint density at radius 1 is 1.08 bits per heavy atom. The molecule has 3 rings (SSSR count). The molecule has 0 aliphatic rings. The summed E-state index contributed by atoms with van der Waals surface area (Å²) in [6, 6.07) is 19.8. The molecule has 3 aromatic carbocycles. The van der Waals surface area contributed by atoms with Crippen LogP contribution in [0.1, 0.15) is 18.5 Å². The highest BCUT2D eigenvalue weighted by Gasteiger charge is 2.16. The van der Waals surface area contributed by atoms with Gasteiger partial charge in [-0.05, 0) is 35.4 Å². The van der Waals surface area contributed by atoms with Crippen molar-refractivity contribution in [2.45, 2.75) is 13.0 Å². The summed E-state index contributed by atoms with van der Waals surface area (Å²) < 4.78 is 5.31. The van der Waals surface area contributed by atoms with Crippen LogP contribution in [-0.4, -0.2) is 17.4 Å². The van der Waals surface area contributed by atoms with E-state index in [-0.39, 0.29) is 30.0 Å². The van der Waals surface area contributed by atoms with Gasteiger partial charge in [-0.3, -0.25) is 14.9 Å². The summed E-state index contributed by atoms with van der Waals surface area (Å²) in [6.45, 7) is 1.59. The average Bonchev–Trinajstić information content (AvgIpc) is 2.66. The maximum Gasteiger partial charge on any atom is 0.310 e. The number of carbonyl (C=O) groups is 1. The van der Waals surface area contributed by atoms with Gasteiger partial charge in [-0.1, -0.05) is 48.5 Å². The van der Waals surface area contributed by atoms with Crippen LogP contribution in [0.15, 0.2) is 66.7 Å².